The fourth-order valence-corrected chi connectivity index (χ4v) is 5.40. The first-order valence-corrected chi connectivity index (χ1v) is 12.2. The van der Waals surface area contributed by atoms with Crippen molar-refractivity contribution in [1.29, 1.82) is 0 Å². The zero-order valence-electron chi connectivity index (χ0n) is 20.1. The van der Waals surface area contributed by atoms with Gasteiger partial charge >= 0.3 is 0 Å². The Balaban J connectivity index is 1.45. The van der Waals surface area contributed by atoms with Crippen molar-refractivity contribution >= 4 is 17.6 Å². The number of hydrogen-bond acceptors (Lipinski definition) is 6. The summed E-state index contributed by atoms with van der Waals surface area (Å²) in [5.74, 6) is 2.40. The lowest BCUT2D eigenvalue weighted by Crippen LogP contribution is -2.47. The van der Waals surface area contributed by atoms with Crippen molar-refractivity contribution in [3.8, 4) is 0 Å². The van der Waals surface area contributed by atoms with Crippen molar-refractivity contribution in [3.63, 3.8) is 0 Å². The smallest absolute Gasteiger partial charge is 0.225 e. The third-order valence-corrected chi connectivity index (χ3v) is 7.47. The Hall–Kier alpha value is -2.22. The van der Waals surface area contributed by atoms with E-state index in [1.165, 1.54) is 0 Å². The summed E-state index contributed by atoms with van der Waals surface area (Å²) in [4.78, 5) is 41.3. The number of piperidine rings is 2. The van der Waals surface area contributed by atoms with Crippen LogP contribution in [0.25, 0.3) is 0 Å². The van der Waals surface area contributed by atoms with Crippen LogP contribution in [0.5, 0.6) is 0 Å². The molecule has 176 valence electrons. The van der Waals surface area contributed by atoms with Crippen LogP contribution in [0.4, 0.5) is 5.82 Å². The second-order valence-corrected chi connectivity index (χ2v) is 9.82. The number of rotatable bonds is 4. The molecule has 0 aliphatic carbocycles. The van der Waals surface area contributed by atoms with Gasteiger partial charge in [0.05, 0.1) is 12.2 Å². The molecule has 1 N–H and O–H groups in total. The van der Waals surface area contributed by atoms with Crippen LogP contribution in [-0.4, -0.2) is 82.3 Å². The molecule has 0 spiro atoms. The van der Waals surface area contributed by atoms with Gasteiger partial charge in [0.2, 0.25) is 11.8 Å². The molecule has 2 fully saturated rings. The van der Waals surface area contributed by atoms with Crippen LogP contribution < -0.4 is 5.32 Å². The molecule has 2 amide bonds. The van der Waals surface area contributed by atoms with Gasteiger partial charge in [-0.15, -0.1) is 0 Å². The topological polar surface area (TPSA) is 81.7 Å². The zero-order chi connectivity index (χ0) is 22.8. The van der Waals surface area contributed by atoms with E-state index in [2.05, 4.69) is 29.0 Å². The first kappa shape index (κ1) is 23.0. The Morgan fingerprint density at radius 2 is 1.78 bits per heavy atom. The maximum Gasteiger partial charge on any atom is 0.225 e. The summed E-state index contributed by atoms with van der Waals surface area (Å²) in [6.07, 6.45) is 4.68. The first-order chi connectivity index (χ1) is 15.4. The standard InChI is InChI=1S/C24H38N6O2/c1-16(2)28-11-7-18(8-12-28)24(32)30-10-5-6-19(14-30)22-26-21-9-13-29(17(3)31)15-20(21)23(25-4)27-22/h16,18-19H,5-15H2,1-4H3,(H,25,26,27)/t19-/m1/s1. The minimum Gasteiger partial charge on any atom is -0.373 e. The van der Waals surface area contributed by atoms with Crippen LogP contribution in [0.15, 0.2) is 0 Å². The predicted octanol–water partition coefficient (Wildman–Crippen LogP) is 2.25. The lowest BCUT2D eigenvalue weighted by molar-refractivity contribution is -0.138. The molecule has 0 saturated carbocycles. The molecule has 3 aliphatic rings. The molecule has 0 bridgehead atoms. The number of carbonyl (C=O) groups is 2. The van der Waals surface area contributed by atoms with Crippen LogP contribution in [0.2, 0.25) is 0 Å². The highest BCUT2D eigenvalue weighted by Crippen LogP contribution is 2.31. The molecule has 3 aliphatic heterocycles. The second kappa shape index (κ2) is 9.73. The summed E-state index contributed by atoms with van der Waals surface area (Å²) in [7, 11) is 1.87. The SMILES string of the molecule is CNc1nc([C@@H]2CCCN(C(=O)C3CCN(C(C)C)CC3)C2)nc2c1CN(C(C)=O)CC2. The van der Waals surface area contributed by atoms with Crippen molar-refractivity contribution in [1.82, 2.24) is 24.7 Å². The number of carbonyl (C=O) groups excluding carboxylic acids is 2. The molecule has 4 rings (SSSR count). The molecule has 0 radical (unpaired) electrons. The largest absolute Gasteiger partial charge is 0.373 e. The molecule has 1 aromatic heterocycles. The molecule has 4 heterocycles. The number of nitrogens with zero attached hydrogens (tertiary/aromatic N) is 5. The van der Waals surface area contributed by atoms with Crippen molar-refractivity contribution in [2.45, 2.75) is 71.4 Å². The molecule has 32 heavy (non-hydrogen) atoms. The summed E-state index contributed by atoms with van der Waals surface area (Å²) >= 11 is 0. The third-order valence-electron chi connectivity index (χ3n) is 7.47. The van der Waals surface area contributed by atoms with Crippen LogP contribution in [0.1, 0.15) is 69.5 Å². The molecule has 0 unspecified atom stereocenters. The monoisotopic (exact) mass is 442 g/mol. The van der Waals surface area contributed by atoms with Crippen molar-refractivity contribution in [2.24, 2.45) is 5.92 Å². The number of nitrogens with one attached hydrogen (secondary N) is 1. The van der Waals surface area contributed by atoms with Gasteiger partial charge in [-0.3, -0.25) is 9.59 Å². The van der Waals surface area contributed by atoms with E-state index in [9.17, 15) is 9.59 Å². The number of likely N-dealkylation sites (tertiary alicyclic amines) is 2. The van der Waals surface area contributed by atoms with Crippen LogP contribution in [-0.2, 0) is 22.6 Å². The van der Waals surface area contributed by atoms with E-state index >= 15 is 0 Å². The van der Waals surface area contributed by atoms with Crippen LogP contribution in [0.3, 0.4) is 0 Å². The van der Waals surface area contributed by atoms with E-state index in [-0.39, 0.29) is 17.7 Å². The first-order valence-electron chi connectivity index (χ1n) is 12.2. The lowest BCUT2D eigenvalue weighted by Gasteiger charge is -2.38. The third kappa shape index (κ3) is 4.75. The lowest BCUT2D eigenvalue weighted by atomic mass is 9.91. The summed E-state index contributed by atoms with van der Waals surface area (Å²) in [6.45, 7) is 10.9. The number of aromatic nitrogens is 2. The fraction of sp³-hybridized carbons (Fsp3) is 0.750. The van der Waals surface area contributed by atoms with Gasteiger partial charge in [0.1, 0.15) is 11.6 Å². The molecule has 8 nitrogen and oxygen atoms in total. The average molecular weight is 443 g/mol. The number of anilines is 1. The summed E-state index contributed by atoms with van der Waals surface area (Å²) in [5, 5.41) is 3.22. The second-order valence-electron chi connectivity index (χ2n) is 9.82. The summed E-state index contributed by atoms with van der Waals surface area (Å²) in [5.41, 5.74) is 2.07. The van der Waals surface area contributed by atoms with Gasteiger partial charge < -0.3 is 20.0 Å². The van der Waals surface area contributed by atoms with Crippen molar-refractivity contribution < 1.29 is 9.59 Å². The quantitative estimate of drug-likeness (QED) is 0.770. The highest BCUT2D eigenvalue weighted by atomic mass is 16.2. The highest BCUT2D eigenvalue weighted by molar-refractivity contribution is 5.79. The molecule has 1 atom stereocenters. The number of amides is 2. The molecule has 1 aromatic rings. The van der Waals surface area contributed by atoms with Gasteiger partial charge in [0.25, 0.3) is 0 Å². The maximum absolute atomic E-state index is 13.3. The molecule has 0 aromatic carbocycles. The zero-order valence-corrected chi connectivity index (χ0v) is 20.1. The van der Waals surface area contributed by atoms with Crippen molar-refractivity contribution in [2.75, 3.05) is 45.1 Å². The van der Waals surface area contributed by atoms with Crippen LogP contribution >= 0.6 is 0 Å². The van der Waals surface area contributed by atoms with Gasteiger partial charge in [-0.05, 0) is 52.6 Å². The maximum atomic E-state index is 13.3. The van der Waals surface area contributed by atoms with Gasteiger partial charge in [-0.1, -0.05) is 0 Å². The van der Waals surface area contributed by atoms with E-state index in [0.29, 0.717) is 31.6 Å². The minimum absolute atomic E-state index is 0.0856. The highest BCUT2D eigenvalue weighted by Gasteiger charge is 2.34. The Labute approximate surface area is 191 Å². The van der Waals surface area contributed by atoms with Gasteiger partial charge in [-0.2, -0.15) is 0 Å². The van der Waals surface area contributed by atoms with E-state index in [1.54, 1.807) is 6.92 Å². The molecular weight excluding hydrogens is 404 g/mol. The normalized spacial score (nSPS) is 22.7. The van der Waals surface area contributed by atoms with Gasteiger partial charge in [0, 0.05) is 63.5 Å². The summed E-state index contributed by atoms with van der Waals surface area (Å²) < 4.78 is 0. The Bertz CT molecular complexity index is 832. The Morgan fingerprint density at radius 3 is 2.44 bits per heavy atom. The number of fused-ring (bicyclic) bond motifs is 1. The molecule has 2 saturated heterocycles. The Kier molecular flexibility index (Phi) is 6.98. The van der Waals surface area contributed by atoms with Crippen molar-refractivity contribution in [3.05, 3.63) is 17.1 Å². The van der Waals surface area contributed by atoms with E-state index in [4.69, 9.17) is 9.97 Å². The Morgan fingerprint density at radius 1 is 1.03 bits per heavy atom. The number of hydrogen-bond donors (Lipinski definition) is 1. The van der Waals surface area contributed by atoms with Gasteiger partial charge in [-0.25, -0.2) is 9.97 Å². The fourth-order valence-electron chi connectivity index (χ4n) is 5.40. The van der Waals surface area contributed by atoms with Crippen LogP contribution in [0, 0.1) is 5.92 Å². The predicted molar refractivity (Wildman–Crippen MR) is 124 cm³/mol. The van der Waals surface area contributed by atoms with E-state index in [0.717, 1.165) is 74.6 Å². The summed E-state index contributed by atoms with van der Waals surface area (Å²) in [6, 6.07) is 0.551. The van der Waals surface area contributed by atoms with E-state index < -0.39 is 0 Å². The average Bonchev–Trinajstić information content (AvgIpc) is 2.82. The molecular formula is C24H38N6O2. The van der Waals surface area contributed by atoms with E-state index in [1.807, 2.05) is 11.9 Å². The molecule has 8 heteroatoms. The van der Waals surface area contributed by atoms with Gasteiger partial charge in [0.15, 0.2) is 0 Å². The minimum atomic E-state index is 0.0856.